The standard InChI is InChI=1S/C7H10N2O2S2/c1-13(10,11)7-9-5-2-3-8-4-6(5)12-7/h8H,2-4H2,1H3. The monoisotopic (exact) mass is 218 g/mol. The Morgan fingerprint density at radius 2 is 2.31 bits per heavy atom. The minimum absolute atomic E-state index is 0.251. The molecule has 2 heterocycles. The zero-order valence-corrected chi connectivity index (χ0v) is 8.83. The summed E-state index contributed by atoms with van der Waals surface area (Å²) in [6, 6.07) is 0. The quantitative estimate of drug-likeness (QED) is 0.731. The van der Waals surface area contributed by atoms with Gasteiger partial charge in [0.1, 0.15) is 0 Å². The summed E-state index contributed by atoms with van der Waals surface area (Å²) in [6.45, 7) is 1.64. The summed E-state index contributed by atoms with van der Waals surface area (Å²) in [6.07, 6.45) is 2.03. The molecule has 1 N–H and O–H groups in total. The number of hydrogen-bond acceptors (Lipinski definition) is 5. The van der Waals surface area contributed by atoms with E-state index in [1.165, 1.54) is 17.6 Å². The lowest BCUT2D eigenvalue weighted by Crippen LogP contribution is -2.22. The smallest absolute Gasteiger partial charge is 0.209 e. The number of thiazole rings is 1. The maximum absolute atomic E-state index is 11.2. The molecule has 0 saturated carbocycles. The molecule has 0 radical (unpaired) electrons. The van der Waals surface area contributed by atoms with Crippen molar-refractivity contribution in [2.45, 2.75) is 17.3 Å². The Labute approximate surface area is 80.9 Å². The average molecular weight is 218 g/mol. The third-order valence-electron chi connectivity index (χ3n) is 1.90. The van der Waals surface area contributed by atoms with Crippen LogP contribution in [0.1, 0.15) is 10.6 Å². The highest BCUT2D eigenvalue weighted by Gasteiger charge is 2.19. The Hall–Kier alpha value is -0.460. The van der Waals surface area contributed by atoms with E-state index in [4.69, 9.17) is 0 Å². The number of sulfone groups is 1. The zero-order chi connectivity index (χ0) is 9.47. The molecule has 0 bridgehead atoms. The zero-order valence-electron chi connectivity index (χ0n) is 7.20. The van der Waals surface area contributed by atoms with Crippen LogP contribution in [0, 0.1) is 0 Å². The second-order valence-corrected chi connectivity index (χ2v) is 6.32. The molecular weight excluding hydrogens is 208 g/mol. The van der Waals surface area contributed by atoms with Crippen LogP contribution < -0.4 is 5.32 Å². The van der Waals surface area contributed by atoms with Crippen LogP contribution in [-0.4, -0.2) is 26.2 Å². The molecule has 1 aliphatic heterocycles. The van der Waals surface area contributed by atoms with Gasteiger partial charge in [0.05, 0.1) is 5.69 Å². The van der Waals surface area contributed by atoms with Crippen LogP contribution in [0.3, 0.4) is 0 Å². The van der Waals surface area contributed by atoms with Crippen LogP contribution in [-0.2, 0) is 22.8 Å². The highest BCUT2D eigenvalue weighted by molar-refractivity contribution is 7.92. The first kappa shape index (κ1) is 9.11. The van der Waals surface area contributed by atoms with E-state index in [2.05, 4.69) is 10.3 Å². The van der Waals surface area contributed by atoms with Crippen molar-refractivity contribution in [3.05, 3.63) is 10.6 Å². The number of fused-ring (bicyclic) bond motifs is 1. The second-order valence-electron chi connectivity index (χ2n) is 3.05. The van der Waals surface area contributed by atoms with E-state index in [1.54, 1.807) is 0 Å². The number of hydrogen-bond donors (Lipinski definition) is 1. The topological polar surface area (TPSA) is 59.1 Å². The van der Waals surface area contributed by atoms with Crippen LogP contribution in [0.4, 0.5) is 0 Å². The Balaban J connectivity index is 2.47. The van der Waals surface area contributed by atoms with Crippen molar-refractivity contribution in [2.75, 3.05) is 12.8 Å². The Morgan fingerprint density at radius 3 is 2.92 bits per heavy atom. The van der Waals surface area contributed by atoms with Crippen LogP contribution in [0.2, 0.25) is 0 Å². The van der Waals surface area contributed by atoms with Crippen molar-refractivity contribution >= 4 is 21.2 Å². The fraction of sp³-hybridized carbons (Fsp3) is 0.571. The van der Waals surface area contributed by atoms with Gasteiger partial charge in [0.2, 0.25) is 14.2 Å². The lowest BCUT2D eigenvalue weighted by Gasteiger charge is -2.09. The molecule has 0 unspecified atom stereocenters. The lowest BCUT2D eigenvalue weighted by molar-refractivity contribution is 0.599. The molecule has 1 aromatic heterocycles. The predicted octanol–water partition coefficient (Wildman–Crippen LogP) is 0.192. The first-order valence-corrected chi connectivity index (χ1v) is 6.67. The summed E-state index contributed by atoms with van der Waals surface area (Å²) in [5.74, 6) is 0. The van der Waals surface area contributed by atoms with Gasteiger partial charge in [0, 0.05) is 30.6 Å². The Kier molecular flexibility index (Phi) is 2.13. The molecule has 0 fully saturated rings. The SMILES string of the molecule is CS(=O)(=O)c1nc2c(s1)CNCC2. The van der Waals surface area contributed by atoms with E-state index in [1.807, 2.05) is 0 Å². The highest BCUT2D eigenvalue weighted by Crippen LogP contribution is 2.24. The summed E-state index contributed by atoms with van der Waals surface area (Å²) in [5, 5.41) is 3.18. The van der Waals surface area contributed by atoms with Gasteiger partial charge in [-0.3, -0.25) is 0 Å². The number of rotatable bonds is 1. The summed E-state index contributed by atoms with van der Waals surface area (Å²) >= 11 is 1.28. The third-order valence-corrected chi connectivity index (χ3v) is 4.68. The third kappa shape index (κ3) is 1.74. The van der Waals surface area contributed by atoms with Crippen molar-refractivity contribution < 1.29 is 8.42 Å². The average Bonchev–Trinajstić information content (AvgIpc) is 2.45. The largest absolute Gasteiger partial charge is 0.311 e. The van der Waals surface area contributed by atoms with E-state index in [-0.39, 0.29) is 4.34 Å². The lowest BCUT2D eigenvalue weighted by atomic mass is 10.2. The summed E-state index contributed by atoms with van der Waals surface area (Å²) in [5.41, 5.74) is 0.948. The Bertz CT molecular complexity index is 398. The van der Waals surface area contributed by atoms with Crippen molar-refractivity contribution in [3.8, 4) is 0 Å². The first-order chi connectivity index (χ1) is 6.07. The summed E-state index contributed by atoms with van der Waals surface area (Å²) in [4.78, 5) is 5.17. The molecule has 0 spiro atoms. The molecule has 13 heavy (non-hydrogen) atoms. The maximum atomic E-state index is 11.2. The van der Waals surface area contributed by atoms with Gasteiger partial charge in [0.15, 0.2) is 0 Å². The van der Waals surface area contributed by atoms with E-state index >= 15 is 0 Å². The fourth-order valence-electron chi connectivity index (χ4n) is 1.26. The predicted molar refractivity (Wildman–Crippen MR) is 50.6 cm³/mol. The van der Waals surface area contributed by atoms with Crippen molar-refractivity contribution in [2.24, 2.45) is 0 Å². The Morgan fingerprint density at radius 1 is 1.54 bits per heavy atom. The summed E-state index contributed by atoms with van der Waals surface area (Å²) < 4.78 is 22.6. The molecular formula is C7H10N2O2S2. The normalized spacial score (nSPS) is 17.0. The molecule has 0 atom stereocenters. The van der Waals surface area contributed by atoms with Gasteiger partial charge >= 0.3 is 0 Å². The van der Waals surface area contributed by atoms with Gasteiger partial charge in [-0.05, 0) is 0 Å². The van der Waals surface area contributed by atoms with E-state index in [0.717, 1.165) is 30.1 Å². The molecule has 72 valence electrons. The highest BCUT2D eigenvalue weighted by atomic mass is 32.2. The molecule has 0 saturated heterocycles. The van der Waals surface area contributed by atoms with E-state index < -0.39 is 9.84 Å². The van der Waals surface area contributed by atoms with Crippen LogP contribution >= 0.6 is 11.3 Å². The van der Waals surface area contributed by atoms with Crippen LogP contribution in [0.15, 0.2) is 4.34 Å². The number of aromatic nitrogens is 1. The maximum Gasteiger partial charge on any atom is 0.209 e. The first-order valence-electron chi connectivity index (χ1n) is 3.97. The molecule has 6 heteroatoms. The van der Waals surface area contributed by atoms with Gasteiger partial charge in [-0.1, -0.05) is 0 Å². The minimum Gasteiger partial charge on any atom is -0.311 e. The van der Waals surface area contributed by atoms with Crippen molar-refractivity contribution in [3.63, 3.8) is 0 Å². The van der Waals surface area contributed by atoms with Crippen molar-refractivity contribution in [1.82, 2.24) is 10.3 Å². The van der Waals surface area contributed by atoms with Gasteiger partial charge in [0.25, 0.3) is 0 Å². The minimum atomic E-state index is -3.12. The number of nitrogens with zero attached hydrogens (tertiary/aromatic N) is 1. The molecule has 1 aliphatic rings. The van der Waals surface area contributed by atoms with Crippen LogP contribution in [0.5, 0.6) is 0 Å². The molecule has 0 aromatic carbocycles. The molecule has 4 nitrogen and oxygen atoms in total. The molecule has 0 aliphatic carbocycles. The van der Waals surface area contributed by atoms with Gasteiger partial charge in [-0.2, -0.15) is 0 Å². The fourth-order valence-corrected chi connectivity index (χ4v) is 3.25. The molecule has 2 rings (SSSR count). The van der Waals surface area contributed by atoms with Crippen LogP contribution in [0.25, 0.3) is 0 Å². The van der Waals surface area contributed by atoms with Gasteiger partial charge < -0.3 is 5.32 Å². The van der Waals surface area contributed by atoms with Crippen molar-refractivity contribution in [1.29, 1.82) is 0 Å². The van der Waals surface area contributed by atoms with Gasteiger partial charge in [-0.15, -0.1) is 11.3 Å². The second kappa shape index (κ2) is 3.04. The van der Waals surface area contributed by atoms with Gasteiger partial charge in [-0.25, -0.2) is 13.4 Å². The summed E-state index contributed by atoms with van der Waals surface area (Å²) in [7, 11) is -3.12. The number of nitrogens with one attached hydrogen (secondary N) is 1. The molecule has 1 aromatic rings. The molecule has 0 amide bonds. The van der Waals surface area contributed by atoms with E-state index in [9.17, 15) is 8.42 Å². The van der Waals surface area contributed by atoms with E-state index in [0.29, 0.717) is 0 Å².